The maximum absolute atomic E-state index is 11.4. The Morgan fingerprint density at radius 2 is 2.46 bits per heavy atom. The first-order valence-electron chi connectivity index (χ1n) is 4.28. The Labute approximate surface area is 84.6 Å². The molecule has 0 spiro atoms. The molecular formula is C9H10BrNO2. The van der Waals surface area contributed by atoms with Gasteiger partial charge in [-0.15, -0.1) is 0 Å². The van der Waals surface area contributed by atoms with E-state index < -0.39 is 0 Å². The van der Waals surface area contributed by atoms with Crippen LogP contribution in [-0.4, -0.2) is 12.5 Å². The van der Waals surface area contributed by atoms with Crippen LogP contribution in [0.4, 0.5) is 0 Å². The first kappa shape index (κ1) is 8.81. The highest BCUT2D eigenvalue weighted by atomic mass is 79.9. The van der Waals surface area contributed by atoms with Gasteiger partial charge in [-0.1, -0.05) is 0 Å². The molecule has 1 aromatic rings. The minimum atomic E-state index is -0.0543. The summed E-state index contributed by atoms with van der Waals surface area (Å²) in [7, 11) is 0. The van der Waals surface area contributed by atoms with Crippen molar-refractivity contribution in [3.63, 3.8) is 0 Å². The number of nitrogens with one attached hydrogen (secondary N) is 1. The highest BCUT2D eigenvalue weighted by molar-refractivity contribution is 9.10. The molecule has 0 atom stereocenters. The average molecular weight is 244 g/mol. The Hall–Kier alpha value is -0.770. The third-order valence-corrected chi connectivity index (χ3v) is 2.49. The summed E-state index contributed by atoms with van der Waals surface area (Å²) in [5.41, 5.74) is 0.576. The maximum Gasteiger partial charge on any atom is 0.254 e. The third kappa shape index (κ3) is 2.34. The highest BCUT2D eigenvalue weighted by Crippen LogP contribution is 2.27. The van der Waals surface area contributed by atoms with E-state index in [2.05, 4.69) is 21.2 Å². The van der Waals surface area contributed by atoms with Gasteiger partial charge < -0.3 is 9.73 Å². The van der Waals surface area contributed by atoms with Crippen LogP contribution in [0.15, 0.2) is 21.4 Å². The van der Waals surface area contributed by atoms with Gasteiger partial charge in [-0.05, 0) is 34.7 Å². The number of hydrogen-bond donors (Lipinski definition) is 1. The molecule has 0 unspecified atom stereocenters. The SMILES string of the molecule is O=C(NCC1CC1)c1coc(Br)c1. The molecule has 0 saturated heterocycles. The van der Waals surface area contributed by atoms with E-state index >= 15 is 0 Å². The van der Waals surface area contributed by atoms with Crippen molar-refractivity contribution < 1.29 is 9.21 Å². The van der Waals surface area contributed by atoms with Crippen LogP contribution < -0.4 is 5.32 Å². The molecule has 0 aliphatic heterocycles. The van der Waals surface area contributed by atoms with Crippen molar-refractivity contribution in [3.8, 4) is 0 Å². The lowest BCUT2D eigenvalue weighted by atomic mass is 10.3. The van der Waals surface area contributed by atoms with Crippen LogP contribution in [0.2, 0.25) is 0 Å². The topological polar surface area (TPSA) is 42.2 Å². The molecule has 2 rings (SSSR count). The van der Waals surface area contributed by atoms with Gasteiger partial charge in [-0.3, -0.25) is 4.79 Å². The van der Waals surface area contributed by atoms with Crippen LogP contribution in [0.1, 0.15) is 23.2 Å². The summed E-state index contributed by atoms with van der Waals surface area (Å²) in [5.74, 6) is 0.653. The predicted octanol–water partition coefficient (Wildman–Crippen LogP) is 2.18. The first-order valence-corrected chi connectivity index (χ1v) is 5.07. The number of furan rings is 1. The monoisotopic (exact) mass is 243 g/mol. The van der Waals surface area contributed by atoms with Gasteiger partial charge in [-0.2, -0.15) is 0 Å². The quantitative estimate of drug-likeness (QED) is 0.885. The molecule has 1 N–H and O–H groups in total. The van der Waals surface area contributed by atoms with Crippen LogP contribution in [0.25, 0.3) is 0 Å². The lowest BCUT2D eigenvalue weighted by molar-refractivity contribution is 0.0951. The van der Waals surface area contributed by atoms with E-state index in [9.17, 15) is 4.79 Å². The minimum absolute atomic E-state index is 0.0543. The van der Waals surface area contributed by atoms with E-state index in [0.717, 1.165) is 6.54 Å². The summed E-state index contributed by atoms with van der Waals surface area (Å²) in [6.45, 7) is 0.793. The molecule has 1 aliphatic carbocycles. The van der Waals surface area contributed by atoms with E-state index in [1.54, 1.807) is 6.07 Å². The fourth-order valence-corrected chi connectivity index (χ4v) is 1.43. The van der Waals surface area contributed by atoms with Crippen LogP contribution in [0, 0.1) is 5.92 Å². The van der Waals surface area contributed by atoms with Gasteiger partial charge in [0.15, 0.2) is 4.67 Å². The van der Waals surface area contributed by atoms with Gasteiger partial charge in [-0.25, -0.2) is 0 Å². The second kappa shape index (κ2) is 3.54. The Kier molecular flexibility index (Phi) is 2.40. The lowest BCUT2D eigenvalue weighted by Gasteiger charge is -1.99. The smallest absolute Gasteiger partial charge is 0.254 e. The van der Waals surface area contributed by atoms with Crippen molar-refractivity contribution in [1.29, 1.82) is 0 Å². The molecule has 1 amide bonds. The molecule has 4 heteroatoms. The van der Waals surface area contributed by atoms with Crippen molar-refractivity contribution in [2.24, 2.45) is 5.92 Å². The summed E-state index contributed by atoms with van der Waals surface area (Å²) in [4.78, 5) is 11.4. The molecule has 1 heterocycles. The van der Waals surface area contributed by atoms with Gasteiger partial charge >= 0.3 is 0 Å². The Balaban J connectivity index is 1.88. The standard InChI is InChI=1S/C9H10BrNO2/c10-8-3-7(5-13-8)9(12)11-4-6-1-2-6/h3,5-6H,1-2,4H2,(H,11,12). The second-order valence-electron chi connectivity index (χ2n) is 3.29. The average Bonchev–Trinajstić information content (AvgIpc) is 2.84. The summed E-state index contributed by atoms with van der Waals surface area (Å²) < 4.78 is 5.55. The first-order chi connectivity index (χ1) is 6.25. The van der Waals surface area contributed by atoms with Crippen LogP contribution >= 0.6 is 15.9 Å². The van der Waals surface area contributed by atoms with E-state index in [1.165, 1.54) is 19.1 Å². The largest absolute Gasteiger partial charge is 0.457 e. The fraction of sp³-hybridized carbons (Fsp3) is 0.444. The zero-order valence-corrected chi connectivity index (χ0v) is 8.63. The van der Waals surface area contributed by atoms with Crippen molar-refractivity contribution in [3.05, 3.63) is 22.6 Å². The Morgan fingerprint density at radius 3 is 3.00 bits per heavy atom. The van der Waals surface area contributed by atoms with Gasteiger partial charge in [0.05, 0.1) is 5.56 Å². The Bertz CT molecular complexity index is 317. The van der Waals surface area contributed by atoms with E-state index in [4.69, 9.17) is 4.42 Å². The molecule has 1 fully saturated rings. The van der Waals surface area contributed by atoms with Crippen molar-refractivity contribution in [2.75, 3.05) is 6.54 Å². The van der Waals surface area contributed by atoms with Crippen molar-refractivity contribution >= 4 is 21.8 Å². The third-order valence-electron chi connectivity index (χ3n) is 2.08. The summed E-state index contributed by atoms with van der Waals surface area (Å²) in [6.07, 6.45) is 3.94. The molecule has 1 aliphatic rings. The zero-order chi connectivity index (χ0) is 9.26. The highest BCUT2D eigenvalue weighted by Gasteiger charge is 2.22. The van der Waals surface area contributed by atoms with Crippen molar-refractivity contribution in [2.45, 2.75) is 12.8 Å². The zero-order valence-electron chi connectivity index (χ0n) is 7.05. The number of carbonyl (C=O) groups excluding carboxylic acids is 1. The molecular weight excluding hydrogens is 234 g/mol. The van der Waals surface area contributed by atoms with Crippen LogP contribution in [0.3, 0.4) is 0 Å². The number of halogens is 1. The molecule has 1 aromatic heterocycles. The van der Waals surface area contributed by atoms with Crippen LogP contribution in [0.5, 0.6) is 0 Å². The summed E-state index contributed by atoms with van der Waals surface area (Å²) in [5, 5.41) is 2.85. The normalized spacial score (nSPS) is 15.8. The molecule has 1 saturated carbocycles. The van der Waals surface area contributed by atoms with E-state index in [0.29, 0.717) is 16.2 Å². The molecule has 0 radical (unpaired) electrons. The van der Waals surface area contributed by atoms with Crippen molar-refractivity contribution in [1.82, 2.24) is 5.32 Å². The fourth-order valence-electron chi connectivity index (χ4n) is 1.09. The minimum Gasteiger partial charge on any atom is -0.457 e. The molecule has 3 nitrogen and oxygen atoms in total. The van der Waals surface area contributed by atoms with Gasteiger partial charge in [0.2, 0.25) is 0 Å². The number of carbonyl (C=O) groups is 1. The van der Waals surface area contributed by atoms with E-state index in [-0.39, 0.29) is 5.91 Å². The lowest BCUT2D eigenvalue weighted by Crippen LogP contribution is -2.24. The van der Waals surface area contributed by atoms with Gasteiger partial charge in [0.1, 0.15) is 6.26 Å². The van der Waals surface area contributed by atoms with Gasteiger partial charge in [0.25, 0.3) is 5.91 Å². The van der Waals surface area contributed by atoms with Gasteiger partial charge in [0, 0.05) is 12.6 Å². The van der Waals surface area contributed by atoms with Crippen LogP contribution in [-0.2, 0) is 0 Å². The maximum atomic E-state index is 11.4. The molecule has 0 bridgehead atoms. The molecule has 0 aromatic carbocycles. The van der Waals surface area contributed by atoms with E-state index in [1.807, 2.05) is 0 Å². The Morgan fingerprint density at radius 1 is 1.69 bits per heavy atom. The predicted molar refractivity (Wildman–Crippen MR) is 51.5 cm³/mol. The summed E-state index contributed by atoms with van der Waals surface area (Å²) in [6, 6.07) is 1.67. The molecule has 70 valence electrons. The number of amides is 1. The number of hydrogen-bond acceptors (Lipinski definition) is 2. The summed E-state index contributed by atoms with van der Waals surface area (Å²) >= 11 is 3.15. The number of rotatable bonds is 3. The second-order valence-corrected chi connectivity index (χ2v) is 4.07. The molecule has 13 heavy (non-hydrogen) atoms.